The van der Waals surface area contributed by atoms with Crippen LogP contribution >= 0.6 is 0 Å². The van der Waals surface area contributed by atoms with Crippen LogP contribution in [0, 0.1) is 0 Å². The first-order valence-electron chi connectivity index (χ1n) is 5.63. The Morgan fingerprint density at radius 3 is 2.80 bits per heavy atom. The number of nitrogens with zero attached hydrogens (tertiary/aromatic N) is 1. The molecular weight excluding hydrogens is 192 g/mol. The molecule has 4 heteroatoms. The van der Waals surface area contributed by atoms with Crippen LogP contribution in [0.1, 0.15) is 27.7 Å². The SMILES string of the molecule is CCNC(C)(C)C(=O)N1CCOC[C@H]1C. The van der Waals surface area contributed by atoms with Gasteiger partial charge in [0.1, 0.15) is 0 Å². The quantitative estimate of drug-likeness (QED) is 0.749. The minimum absolute atomic E-state index is 0.167. The van der Waals surface area contributed by atoms with Gasteiger partial charge in [-0.15, -0.1) is 0 Å². The lowest BCUT2D eigenvalue weighted by Crippen LogP contribution is -2.59. The molecule has 0 spiro atoms. The number of hydrogen-bond acceptors (Lipinski definition) is 3. The van der Waals surface area contributed by atoms with Crippen LogP contribution in [0.25, 0.3) is 0 Å². The van der Waals surface area contributed by atoms with Crippen molar-refractivity contribution in [3.8, 4) is 0 Å². The van der Waals surface area contributed by atoms with Crippen molar-refractivity contribution in [1.82, 2.24) is 10.2 Å². The molecule has 1 atom stereocenters. The summed E-state index contributed by atoms with van der Waals surface area (Å²) in [5.41, 5.74) is -0.472. The van der Waals surface area contributed by atoms with Gasteiger partial charge in [0.2, 0.25) is 5.91 Å². The van der Waals surface area contributed by atoms with Crippen LogP contribution in [0.4, 0.5) is 0 Å². The van der Waals surface area contributed by atoms with Gasteiger partial charge in [-0.25, -0.2) is 0 Å². The van der Waals surface area contributed by atoms with Crippen LogP contribution in [-0.4, -0.2) is 48.7 Å². The molecule has 88 valence electrons. The third kappa shape index (κ3) is 2.92. The summed E-state index contributed by atoms with van der Waals surface area (Å²) in [6.45, 7) is 10.7. The molecule has 1 saturated heterocycles. The largest absolute Gasteiger partial charge is 0.377 e. The Hall–Kier alpha value is -0.610. The predicted octanol–water partition coefficient (Wildman–Crippen LogP) is 0.622. The standard InChI is InChI=1S/C11H22N2O2/c1-5-12-11(3,4)10(14)13-6-7-15-8-9(13)2/h9,12H,5-8H2,1-4H3/t9-/m1/s1. The molecule has 1 aliphatic rings. The van der Waals surface area contributed by atoms with Gasteiger partial charge in [-0.3, -0.25) is 4.79 Å². The second-order valence-corrected chi connectivity index (χ2v) is 4.58. The fourth-order valence-electron chi connectivity index (χ4n) is 1.91. The Labute approximate surface area is 92.0 Å². The van der Waals surface area contributed by atoms with E-state index in [1.54, 1.807) is 0 Å². The number of rotatable bonds is 3. The van der Waals surface area contributed by atoms with E-state index >= 15 is 0 Å². The monoisotopic (exact) mass is 214 g/mol. The van der Waals surface area contributed by atoms with E-state index in [2.05, 4.69) is 5.32 Å². The van der Waals surface area contributed by atoms with Crippen LogP contribution in [0.15, 0.2) is 0 Å². The van der Waals surface area contributed by atoms with Gasteiger partial charge in [0, 0.05) is 6.54 Å². The molecule has 0 bridgehead atoms. The van der Waals surface area contributed by atoms with E-state index < -0.39 is 5.54 Å². The molecule has 1 rings (SSSR count). The van der Waals surface area contributed by atoms with Crippen molar-refractivity contribution in [2.75, 3.05) is 26.3 Å². The number of likely N-dealkylation sites (N-methyl/N-ethyl adjacent to an activating group) is 1. The second kappa shape index (κ2) is 4.94. The van der Waals surface area contributed by atoms with Gasteiger partial charge < -0.3 is 15.0 Å². The van der Waals surface area contributed by atoms with Gasteiger partial charge in [0.25, 0.3) is 0 Å². The summed E-state index contributed by atoms with van der Waals surface area (Å²) in [6, 6.07) is 0.184. The summed E-state index contributed by atoms with van der Waals surface area (Å²) in [6.07, 6.45) is 0. The smallest absolute Gasteiger partial charge is 0.242 e. The Kier molecular flexibility index (Phi) is 4.11. The van der Waals surface area contributed by atoms with E-state index in [1.165, 1.54) is 0 Å². The number of carbonyl (C=O) groups is 1. The molecule has 0 aromatic rings. The fourth-order valence-corrected chi connectivity index (χ4v) is 1.91. The number of morpholine rings is 1. The summed E-state index contributed by atoms with van der Waals surface area (Å²) < 4.78 is 5.32. The predicted molar refractivity (Wildman–Crippen MR) is 59.7 cm³/mol. The fraction of sp³-hybridized carbons (Fsp3) is 0.909. The van der Waals surface area contributed by atoms with Gasteiger partial charge in [-0.1, -0.05) is 6.92 Å². The van der Waals surface area contributed by atoms with Crippen molar-refractivity contribution in [3.05, 3.63) is 0 Å². The third-order valence-corrected chi connectivity index (χ3v) is 2.78. The average molecular weight is 214 g/mol. The number of amides is 1. The zero-order chi connectivity index (χ0) is 11.5. The van der Waals surface area contributed by atoms with Gasteiger partial charge >= 0.3 is 0 Å². The molecule has 0 saturated carbocycles. The van der Waals surface area contributed by atoms with E-state index in [4.69, 9.17) is 4.74 Å². The third-order valence-electron chi connectivity index (χ3n) is 2.78. The van der Waals surface area contributed by atoms with Crippen molar-refractivity contribution >= 4 is 5.91 Å². The maximum Gasteiger partial charge on any atom is 0.242 e. The van der Waals surface area contributed by atoms with Crippen LogP contribution in [0.5, 0.6) is 0 Å². The summed E-state index contributed by atoms with van der Waals surface area (Å²) in [7, 11) is 0. The molecule has 1 aliphatic heterocycles. The van der Waals surface area contributed by atoms with Crippen LogP contribution in [-0.2, 0) is 9.53 Å². The normalized spacial score (nSPS) is 22.9. The van der Waals surface area contributed by atoms with Crippen molar-refractivity contribution in [2.24, 2.45) is 0 Å². The lowest BCUT2D eigenvalue weighted by molar-refractivity contribution is -0.145. The minimum Gasteiger partial charge on any atom is -0.377 e. The zero-order valence-electron chi connectivity index (χ0n) is 10.2. The molecule has 0 radical (unpaired) electrons. The second-order valence-electron chi connectivity index (χ2n) is 4.58. The topological polar surface area (TPSA) is 41.6 Å². The van der Waals surface area contributed by atoms with Crippen molar-refractivity contribution in [2.45, 2.75) is 39.3 Å². The number of ether oxygens (including phenoxy) is 1. The lowest BCUT2D eigenvalue weighted by atomic mass is 10.0. The molecule has 1 N–H and O–H groups in total. The highest BCUT2D eigenvalue weighted by Gasteiger charge is 2.34. The van der Waals surface area contributed by atoms with Gasteiger partial charge in [-0.05, 0) is 27.3 Å². The number of carbonyl (C=O) groups excluding carboxylic acids is 1. The zero-order valence-corrected chi connectivity index (χ0v) is 10.2. The molecule has 1 fully saturated rings. The summed E-state index contributed by atoms with van der Waals surface area (Å²) in [5.74, 6) is 0.167. The Morgan fingerprint density at radius 1 is 1.60 bits per heavy atom. The summed E-state index contributed by atoms with van der Waals surface area (Å²) in [4.78, 5) is 14.1. The van der Waals surface area contributed by atoms with Crippen LogP contribution in [0.2, 0.25) is 0 Å². The average Bonchev–Trinajstić information content (AvgIpc) is 2.17. The molecule has 0 aromatic carbocycles. The molecule has 15 heavy (non-hydrogen) atoms. The Bertz CT molecular complexity index is 229. The molecule has 0 unspecified atom stereocenters. The Balaban J connectivity index is 2.65. The molecule has 0 aliphatic carbocycles. The van der Waals surface area contributed by atoms with Crippen molar-refractivity contribution in [1.29, 1.82) is 0 Å². The minimum atomic E-state index is -0.472. The maximum absolute atomic E-state index is 12.2. The number of hydrogen-bond donors (Lipinski definition) is 1. The van der Waals surface area contributed by atoms with Crippen LogP contribution < -0.4 is 5.32 Å². The van der Waals surface area contributed by atoms with Gasteiger partial charge in [0.15, 0.2) is 0 Å². The highest BCUT2D eigenvalue weighted by atomic mass is 16.5. The van der Waals surface area contributed by atoms with Crippen molar-refractivity contribution < 1.29 is 9.53 Å². The number of nitrogens with one attached hydrogen (secondary N) is 1. The van der Waals surface area contributed by atoms with Gasteiger partial charge in [0.05, 0.1) is 24.8 Å². The molecular formula is C11H22N2O2. The highest BCUT2D eigenvalue weighted by Crippen LogP contribution is 2.14. The molecule has 1 heterocycles. The lowest BCUT2D eigenvalue weighted by Gasteiger charge is -2.38. The highest BCUT2D eigenvalue weighted by molar-refractivity contribution is 5.85. The first-order valence-corrected chi connectivity index (χ1v) is 5.63. The first kappa shape index (κ1) is 12.5. The first-order chi connectivity index (χ1) is 6.99. The van der Waals surface area contributed by atoms with Crippen molar-refractivity contribution in [3.63, 3.8) is 0 Å². The van der Waals surface area contributed by atoms with Crippen LogP contribution in [0.3, 0.4) is 0 Å². The van der Waals surface area contributed by atoms with E-state index in [1.807, 2.05) is 32.6 Å². The maximum atomic E-state index is 12.2. The van der Waals surface area contributed by atoms with E-state index in [0.717, 1.165) is 6.54 Å². The summed E-state index contributed by atoms with van der Waals surface area (Å²) >= 11 is 0. The molecule has 4 nitrogen and oxygen atoms in total. The Morgan fingerprint density at radius 2 is 2.27 bits per heavy atom. The van der Waals surface area contributed by atoms with E-state index in [9.17, 15) is 4.79 Å². The van der Waals surface area contributed by atoms with E-state index in [-0.39, 0.29) is 11.9 Å². The molecule has 1 amide bonds. The van der Waals surface area contributed by atoms with Gasteiger partial charge in [-0.2, -0.15) is 0 Å². The van der Waals surface area contributed by atoms with E-state index in [0.29, 0.717) is 19.8 Å². The summed E-state index contributed by atoms with van der Waals surface area (Å²) in [5, 5.41) is 3.21. The molecule has 0 aromatic heterocycles.